The van der Waals surface area contributed by atoms with Gasteiger partial charge in [0.15, 0.2) is 0 Å². The highest BCUT2D eigenvalue weighted by Crippen LogP contribution is 2.24. The highest BCUT2D eigenvalue weighted by Gasteiger charge is 2.38. The van der Waals surface area contributed by atoms with Crippen LogP contribution >= 0.6 is 0 Å². The lowest BCUT2D eigenvalue weighted by Crippen LogP contribution is -2.60. The summed E-state index contributed by atoms with van der Waals surface area (Å²) in [7, 11) is 0. The Balaban J connectivity index is 1.47. The van der Waals surface area contributed by atoms with Gasteiger partial charge in [0.05, 0.1) is 12.6 Å². The lowest BCUT2D eigenvalue weighted by atomic mass is 9.94. The first kappa shape index (κ1) is 24.8. The van der Waals surface area contributed by atoms with Crippen LogP contribution < -0.4 is 0 Å². The van der Waals surface area contributed by atoms with E-state index in [1.165, 1.54) is 0 Å². The summed E-state index contributed by atoms with van der Waals surface area (Å²) in [5.41, 5.74) is 0.325. The first-order valence-corrected chi connectivity index (χ1v) is 11.5. The van der Waals surface area contributed by atoms with Crippen LogP contribution in [0.3, 0.4) is 0 Å². The molecule has 2 fully saturated rings. The summed E-state index contributed by atoms with van der Waals surface area (Å²) in [6.07, 6.45) is 0.285. The number of likely N-dealkylation sites (tertiary alicyclic amines) is 1. The number of ether oxygens (including phenoxy) is 2. The molecule has 9 heteroatoms. The first-order chi connectivity index (χ1) is 15.7. The molecule has 2 saturated heterocycles. The van der Waals surface area contributed by atoms with Crippen molar-refractivity contribution in [3.8, 4) is 0 Å². The molecule has 2 aliphatic rings. The molecule has 3 amide bonds. The zero-order valence-corrected chi connectivity index (χ0v) is 19.7. The average molecular weight is 462 g/mol. The fraction of sp³-hybridized carbons (Fsp3) is 0.625. The van der Waals surface area contributed by atoms with Crippen LogP contribution in [0, 0.1) is 5.92 Å². The Morgan fingerprint density at radius 3 is 2.24 bits per heavy atom. The van der Waals surface area contributed by atoms with E-state index in [1.807, 2.05) is 30.3 Å². The third-order valence-electron chi connectivity index (χ3n) is 5.94. The third kappa shape index (κ3) is 6.83. The van der Waals surface area contributed by atoms with E-state index in [0.717, 1.165) is 5.56 Å². The number of rotatable bonds is 4. The Hall–Kier alpha value is -2.81. The minimum Gasteiger partial charge on any atom is -0.445 e. The number of piperazine rings is 1. The van der Waals surface area contributed by atoms with Crippen molar-refractivity contribution >= 4 is 18.1 Å². The number of piperidine rings is 1. The van der Waals surface area contributed by atoms with E-state index in [0.29, 0.717) is 39.0 Å². The van der Waals surface area contributed by atoms with E-state index >= 15 is 0 Å². The zero-order valence-electron chi connectivity index (χ0n) is 19.7. The smallest absolute Gasteiger partial charge is 0.410 e. The van der Waals surface area contributed by atoms with Crippen LogP contribution in [0.5, 0.6) is 0 Å². The molecular formula is C24H35N3O6. The van der Waals surface area contributed by atoms with Crippen LogP contribution in [0.1, 0.15) is 39.2 Å². The molecule has 0 aromatic heterocycles. The predicted octanol–water partition coefficient (Wildman–Crippen LogP) is 2.48. The number of hydrogen-bond acceptors (Lipinski definition) is 6. The van der Waals surface area contributed by atoms with Gasteiger partial charge in [0.25, 0.3) is 0 Å². The topological polar surface area (TPSA) is 99.6 Å². The van der Waals surface area contributed by atoms with Crippen molar-refractivity contribution in [3.05, 3.63) is 35.9 Å². The van der Waals surface area contributed by atoms with Gasteiger partial charge in [-0.3, -0.25) is 4.79 Å². The second-order valence-corrected chi connectivity index (χ2v) is 9.60. The van der Waals surface area contributed by atoms with Crippen molar-refractivity contribution in [2.75, 3.05) is 39.3 Å². The molecule has 3 rings (SSSR count). The summed E-state index contributed by atoms with van der Waals surface area (Å²) in [5.74, 6) is -0.250. The minimum atomic E-state index is -0.602. The molecule has 1 unspecified atom stereocenters. The molecule has 2 aliphatic heterocycles. The van der Waals surface area contributed by atoms with Gasteiger partial charge in [-0.15, -0.1) is 0 Å². The van der Waals surface area contributed by atoms with Crippen molar-refractivity contribution in [3.63, 3.8) is 0 Å². The standard InChI is InChI=1S/C24H35N3O6/c1-24(2,3)33-23(31)26-13-14-27(20(15-26)16-28)21(29)19-9-11-25(12-10-19)22(30)32-17-18-7-5-4-6-8-18/h4-8,19-20,28H,9-17H2,1-3H3. The van der Waals surface area contributed by atoms with Crippen molar-refractivity contribution in [1.82, 2.24) is 14.7 Å². The van der Waals surface area contributed by atoms with E-state index in [9.17, 15) is 19.5 Å². The molecule has 9 nitrogen and oxygen atoms in total. The van der Waals surface area contributed by atoms with Gasteiger partial charge in [-0.05, 0) is 39.2 Å². The van der Waals surface area contributed by atoms with Gasteiger partial charge in [-0.2, -0.15) is 0 Å². The second kappa shape index (κ2) is 10.9. The maximum Gasteiger partial charge on any atom is 0.410 e. The molecule has 0 radical (unpaired) electrons. The second-order valence-electron chi connectivity index (χ2n) is 9.60. The van der Waals surface area contributed by atoms with E-state index < -0.39 is 17.7 Å². The number of carbonyl (C=O) groups excluding carboxylic acids is 3. The molecular weight excluding hydrogens is 426 g/mol. The normalized spacial score (nSPS) is 19.9. The maximum absolute atomic E-state index is 13.2. The van der Waals surface area contributed by atoms with Crippen molar-refractivity contribution in [2.45, 2.75) is 51.9 Å². The molecule has 33 heavy (non-hydrogen) atoms. The Bertz CT molecular complexity index is 817. The Kier molecular flexibility index (Phi) is 8.18. The van der Waals surface area contributed by atoms with Crippen molar-refractivity contribution < 1.29 is 29.0 Å². The van der Waals surface area contributed by atoms with Crippen LogP contribution in [0.4, 0.5) is 9.59 Å². The fourth-order valence-corrected chi connectivity index (χ4v) is 4.15. The van der Waals surface area contributed by atoms with E-state index in [2.05, 4.69) is 0 Å². The maximum atomic E-state index is 13.2. The molecule has 2 heterocycles. The number of amides is 3. The summed E-state index contributed by atoms with van der Waals surface area (Å²) in [6.45, 7) is 7.26. The highest BCUT2D eigenvalue weighted by atomic mass is 16.6. The SMILES string of the molecule is CC(C)(C)OC(=O)N1CCN(C(=O)C2CCN(C(=O)OCc3ccccc3)CC2)C(CO)C1. The van der Waals surface area contributed by atoms with Crippen LogP contribution in [0.15, 0.2) is 30.3 Å². The summed E-state index contributed by atoms with van der Waals surface area (Å²) >= 11 is 0. The predicted molar refractivity (Wildman–Crippen MR) is 121 cm³/mol. The van der Waals surface area contributed by atoms with Crippen LogP contribution in [-0.4, -0.2) is 88.9 Å². The summed E-state index contributed by atoms with van der Waals surface area (Å²) in [6, 6.07) is 9.04. The van der Waals surface area contributed by atoms with Gasteiger partial charge < -0.3 is 29.3 Å². The van der Waals surface area contributed by atoms with Gasteiger partial charge >= 0.3 is 12.2 Å². The largest absolute Gasteiger partial charge is 0.445 e. The highest BCUT2D eigenvalue weighted by molar-refractivity contribution is 5.80. The van der Waals surface area contributed by atoms with E-state index in [-0.39, 0.29) is 37.7 Å². The summed E-state index contributed by atoms with van der Waals surface area (Å²) < 4.78 is 10.8. The van der Waals surface area contributed by atoms with Gasteiger partial charge in [-0.1, -0.05) is 30.3 Å². The molecule has 0 bridgehead atoms. The molecule has 0 saturated carbocycles. The lowest BCUT2D eigenvalue weighted by molar-refractivity contribution is -0.143. The van der Waals surface area contributed by atoms with E-state index in [1.54, 1.807) is 35.5 Å². The Morgan fingerprint density at radius 2 is 1.64 bits per heavy atom. The molecule has 1 atom stereocenters. The Labute approximate surface area is 195 Å². The Morgan fingerprint density at radius 1 is 0.970 bits per heavy atom. The molecule has 1 aromatic carbocycles. The number of benzene rings is 1. The fourth-order valence-electron chi connectivity index (χ4n) is 4.15. The number of hydrogen-bond donors (Lipinski definition) is 1. The zero-order chi connectivity index (χ0) is 24.0. The lowest BCUT2D eigenvalue weighted by Gasteiger charge is -2.43. The minimum absolute atomic E-state index is 0.0322. The summed E-state index contributed by atoms with van der Waals surface area (Å²) in [5, 5.41) is 9.87. The molecule has 0 spiro atoms. The van der Waals surface area contributed by atoms with Gasteiger partial charge in [0.1, 0.15) is 12.2 Å². The molecule has 182 valence electrons. The van der Waals surface area contributed by atoms with Gasteiger partial charge in [0, 0.05) is 38.6 Å². The molecule has 1 N–H and O–H groups in total. The number of carbonyl (C=O) groups is 3. The third-order valence-corrected chi connectivity index (χ3v) is 5.94. The first-order valence-electron chi connectivity index (χ1n) is 11.5. The van der Waals surface area contributed by atoms with Gasteiger partial charge in [-0.25, -0.2) is 9.59 Å². The quantitative estimate of drug-likeness (QED) is 0.740. The van der Waals surface area contributed by atoms with Crippen molar-refractivity contribution in [2.24, 2.45) is 5.92 Å². The van der Waals surface area contributed by atoms with Crippen LogP contribution in [0.25, 0.3) is 0 Å². The number of aliphatic hydroxyl groups excluding tert-OH is 1. The van der Waals surface area contributed by atoms with Crippen LogP contribution in [-0.2, 0) is 20.9 Å². The molecule has 0 aliphatic carbocycles. The van der Waals surface area contributed by atoms with E-state index in [4.69, 9.17) is 9.47 Å². The monoisotopic (exact) mass is 461 g/mol. The number of nitrogens with zero attached hydrogens (tertiary/aromatic N) is 3. The molecule has 1 aromatic rings. The van der Waals surface area contributed by atoms with Crippen LogP contribution in [0.2, 0.25) is 0 Å². The summed E-state index contributed by atoms with van der Waals surface area (Å²) in [4.78, 5) is 42.8. The van der Waals surface area contributed by atoms with Gasteiger partial charge in [0.2, 0.25) is 5.91 Å². The average Bonchev–Trinajstić information content (AvgIpc) is 2.81. The number of aliphatic hydroxyl groups is 1. The van der Waals surface area contributed by atoms with Crippen molar-refractivity contribution in [1.29, 1.82) is 0 Å².